The summed E-state index contributed by atoms with van der Waals surface area (Å²) in [6.45, 7) is 1.96. The Bertz CT molecular complexity index is 516. The van der Waals surface area contributed by atoms with Crippen molar-refractivity contribution in [1.29, 1.82) is 0 Å². The van der Waals surface area contributed by atoms with Crippen molar-refractivity contribution >= 4 is 23.2 Å². The fourth-order valence-electron chi connectivity index (χ4n) is 1.58. The molecule has 1 heterocycles. The third-order valence-corrected chi connectivity index (χ3v) is 3.16. The number of aromatic nitrogens is 1. The number of halogens is 2. The average molecular weight is 282 g/mol. The highest BCUT2D eigenvalue weighted by atomic mass is 35.5. The van der Waals surface area contributed by atoms with Crippen LogP contribution in [0.1, 0.15) is 24.2 Å². The number of alkyl halides is 1. The van der Waals surface area contributed by atoms with E-state index >= 15 is 0 Å². The summed E-state index contributed by atoms with van der Waals surface area (Å²) in [6.07, 6.45) is 1.57. The molecule has 2 nitrogen and oxygen atoms in total. The quantitative estimate of drug-likeness (QED) is 0.764. The van der Waals surface area contributed by atoms with E-state index in [-0.39, 0.29) is 6.10 Å². The van der Waals surface area contributed by atoms with Gasteiger partial charge in [0.15, 0.2) is 0 Å². The van der Waals surface area contributed by atoms with E-state index in [0.29, 0.717) is 16.8 Å². The van der Waals surface area contributed by atoms with Crippen LogP contribution in [0, 0.1) is 0 Å². The van der Waals surface area contributed by atoms with Crippen LogP contribution in [-0.4, -0.2) is 4.98 Å². The van der Waals surface area contributed by atoms with Gasteiger partial charge in [-0.2, -0.15) is 0 Å². The second-order valence-electron chi connectivity index (χ2n) is 3.93. The van der Waals surface area contributed by atoms with E-state index < -0.39 is 0 Å². The van der Waals surface area contributed by atoms with E-state index in [1.54, 1.807) is 12.3 Å². The molecule has 0 aliphatic heterocycles. The highest BCUT2D eigenvalue weighted by molar-refractivity contribution is 6.32. The molecule has 0 bridgehead atoms. The lowest BCUT2D eigenvalue weighted by Gasteiger charge is -2.15. The minimum Gasteiger partial charge on any atom is -0.469 e. The number of rotatable bonds is 4. The van der Waals surface area contributed by atoms with Crippen LogP contribution in [0.5, 0.6) is 5.88 Å². The molecule has 0 fully saturated rings. The van der Waals surface area contributed by atoms with E-state index in [0.717, 1.165) is 11.1 Å². The normalized spacial score (nSPS) is 12.2. The molecule has 1 unspecified atom stereocenters. The van der Waals surface area contributed by atoms with Crippen molar-refractivity contribution in [2.75, 3.05) is 0 Å². The number of nitrogens with zero attached hydrogens (tertiary/aromatic N) is 1. The van der Waals surface area contributed by atoms with Crippen molar-refractivity contribution in [2.24, 2.45) is 0 Å². The molecule has 4 heteroatoms. The lowest BCUT2D eigenvalue weighted by Crippen LogP contribution is -2.04. The summed E-state index contributed by atoms with van der Waals surface area (Å²) >= 11 is 11.8. The molecule has 94 valence electrons. The van der Waals surface area contributed by atoms with Gasteiger partial charge in [0.2, 0.25) is 5.88 Å². The number of pyridine rings is 1. The van der Waals surface area contributed by atoms with Crippen LogP contribution in [0.25, 0.3) is 0 Å². The molecule has 0 radical (unpaired) electrons. The van der Waals surface area contributed by atoms with Gasteiger partial charge in [0.1, 0.15) is 11.1 Å². The summed E-state index contributed by atoms with van der Waals surface area (Å²) in [5.41, 5.74) is 1.96. The molecule has 0 spiro atoms. The summed E-state index contributed by atoms with van der Waals surface area (Å²) in [5.74, 6) is 0.822. The molecular formula is C14H13Cl2NO. The standard InChI is InChI=1S/C14H13Cl2NO/c1-10(12-5-3-2-4-6-12)18-14-13(16)7-11(8-15)9-17-14/h2-7,9-10H,8H2,1H3. The van der Waals surface area contributed by atoms with E-state index in [1.807, 2.05) is 37.3 Å². The molecule has 0 N–H and O–H groups in total. The number of hydrogen-bond donors (Lipinski definition) is 0. The Kier molecular flexibility index (Phi) is 4.45. The van der Waals surface area contributed by atoms with Gasteiger partial charge in [0.05, 0.1) is 0 Å². The maximum atomic E-state index is 6.09. The van der Waals surface area contributed by atoms with Crippen molar-refractivity contribution < 1.29 is 4.74 Å². The predicted octanol–water partition coefficient (Wildman–Crippen LogP) is 4.61. The third kappa shape index (κ3) is 3.15. The fraction of sp³-hybridized carbons (Fsp3) is 0.214. The molecular weight excluding hydrogens is 269 g/mol. The van der Waals surface area contributed by atoms with Gasteiger partial charge < -0.3 is 4.74 Å². The van der Waals surface area contributed by atoms with Gasteiger partial charge >= 0.3 is 0 Å². The molecule has 0 aliphatic carbocycles. The lowest BCUT2D eigenvalue weighted by molar-refractivity contribution is 0.217. The zero-order valence-electron chi connectivity index (χ0n) is 9.94. The molecule has 0 saturated carbocycles. The monoisotopic (exact) mass is 281 g/mol. The van der Waals surface area contributed by atoms with Gasteiger partial charge in [-0.1, -0.05) is 41.9 Å². The Balaban J connectivity index is 2.14. The molecule has 0 amide bonds. The van der Waals surface area contributed by atoms with Crippen molar-refractivity contribution in [3.63, 3.8) is 0 Å². The molecule has 18 heavy (non-hydrogen) atoms. The molecule has 2 aromatic rings. The summed E-state index contributed by atoms with van der Waals surface area (Å²) in [5, 5.41) is 0.482. The SMILES string of the molecule is CC(Oc1ncc(CCl)cc1Cl)c1ccccc1. The molecule has 2 rings (SSSR count). The summed E-state index contributed by atoms with van der Waals surface area (Å²) < 4.78 is 5.74. The molecule has 1 aromatic carbocycles. The molecule has 1 aromatic heterocycles. The first kappa shape index (κ1) is 13.2. The number of benzene rings is 1. The molecule has 1 atom stereocenters. The Hall–Kier alpha value is -1.25. The molecule has 0 aliphatic rings. The zero-order valence-corrected chi connectivity index (χ0v) is 11.4. The van der Waals surface area contributed by atoms with Crippen molar-refractivity contribution in [3.8, 4) is 5.88 Å². The minimum atomic E-state index is -0.0990. The van der Waals surface area contributed by atoms with E-state index in [4.69, 9.17) is 27.9 Å². The van der Waals surface area contributed by atoms with Crippen molar-refractivity contribution in [2.45, 2.75) is 18.9 Å². The second kappa shape index (κ2) is 6.07. The Labute approximate surface area is 117 Å². The summed E-state index contributed by atoms with van der Waals surface area (Å²) in [6, 6.07) is 11.7. The lowest BCUT2D eigenvalue weighted by atomic mass is 10.1. The third-order valence-electron chi connectivity index (χ3n) is 2.58. The fourth-order valence-corrected chi connectivity index (χ4v) is 1.96. The largest absolute Gasteiger partial charge is 0.469 e. The number of hydrogen-bond acceptors (Lipinski definition) is 2. The number of ether oxygens (including phenoxy) is 1. The van der Waals surface area contributed by atoms with Crippen LogP contribution in [-0.2, 0) is 5.88 Å². The van der Waals surface area contributed by atoms with Crippen molar-refractivity contribution in [1.82, 2.24) is 4.98 Å². The maximum Gasteiger partial charge on any atom is 0.233 e. The topological polar surface area (TPSA) is 22.1 Å². The van der Waals surface area contributed by atoms with Gasteiger partial charge in [-0.3, -0.25) is 0 Å². The zero-order chi connectivity index (χ0) is 13.0. The summed E-state index contributed by atoms with van der Waals surface area (Å²) in [4.78, 5) is 4.18. The Morgan fingerprint density at radius 1 is 1.28 bits per heavy atom. The molecule has 0 saturated heterocycles. The summed E-state index contributed by atoms with van der Waals surface area (Å²) in [7, 11) is 0. The van der Waals surface area contributed by atoms with Crippen LogP contribution in [0.15, 0.2) is 42.6 Å². The van der Waals surface area contributed by atoms with Crippen LogP contribution in [0.3, 0.4) is 0 Å². The van der Waals surface area contributed by atoms with E-state index in [1.165, 1.54) is 0 Å². The smallest absolute Gasteiger partial charge is 0.233 e. The van der Waals surface area contributed by atoms with Crippen LogP contribution < -0.4 is 4.74 Å². The van der Waals surface area contributed by atoms with E-state index in [9.17, 15) is 0 Å². The van der Waals surface area contributed by atoms with E-state index in [2.05, 4.69) is 4.98 Å². The minimum absolute atomic E-state index is 0.0990. The van der Waals surface area contributed by atoms with Gasteiger partial charge in [-0.25, -0.2) is 4.98 Å². The van der Waals surface area contributed by atoms with Gasteiger partial charge in [-0.15, -0.1) is 11.6 Å². The predicted molar refractivity (Wildman–Crippen MR) is 74.3 cm³/mol. The first-order valence-corrected chi connectivity index (χ1v) is 6.54. The maximum absolute atomic E-state index is 6.09. The van der Waals surface area contributed by atoms with Crippen LogP contribution in [0.2, 0.25) is 5.02 Å². The first-order chi connectivity index (χ1) is 8.70. The first-order valence-electron chi connectivity index (χ1n) is 5.62. The highest BCUT2D eigenvalue weighted by Gasteiger charge is 2.11. The van der Waals surface area contributed by atoms with Crippen LogP contribution >= 0.6 is 23.2 Å². The second-order valence-corrected chi connectivity index (χ2v) is 4.61. The Morgan fingerprint density at radius 3 is 2.61 bits per heavy atom. The van der Waals surface area contributed by atoms with Crippen LogP contribution in [0.4, 0.5) is 0 Å². The highest BCUT2D eigenvalue weighted by Crippen LogP contribution is 2.27. The van der Waals surface area contributed by atoms with Gasteiger partial charge in [0, 0.05) is 12.1 Å². The van der Waals surface area contributed by atoms with Gasteiger partial charge in [0.25, 0.3) is 0 Å². The van der Waals surface area contributed by atoms with Crippen molar-refractivity contribution in [3.05, 3.63) is 58.7 Å². The Morgan fingerprint density at radius 2 is 2.00 bits per heavy atom. The average Bonchev–Trinajstić information content (AvgIpc) is 2.42. The van der Waals surface area contributed by atoms with Gasteiger partial charge in [-0.05, 0) is 24.1 Å².